The fourth-order valence-corrected chi connectivity index (χ4v) is 9.31. The maximum atomic E-state index is 14.1. The topological polar surface area (TPSA) is 307 Å². The minimum absolute atomic E-state index is 0.0168. The number of methoxy groups -OCH3 is 2. The molecule has 0 saturated carbocycles. The number of benzene rings is 3. The molecule has 374 valence electrons. The summed E-state index contributed by atoms with van der Waals surface area (Å²) in [7, 11) is 2.81. The van der Waals surface area contributed by atoms with Gasteiger partial charge >= 0.3 is 17.7 Å². The smallest absolute Gasteiger partial charge is 0.416 e. The van der Waals surface area contributed by atoms with Crippen molar-refractivity contribution in [2.24, 2.45) is 0 Å². The van der Waals surface area contributed by atoms with Crippen LogP contribution < -0.4 is 28.6 Å². The van der Waals surface area contributed by atoms with E-state index in [1.54, 1.807) is 36.4 Å². The van der Waals surface area contributed by atoms with Crippen LogP contribution in [-0.4, -0.2) is 152 Å². The highest BCUT2D eigenvalue weighted by atomic mass is 16.7. The Morgan fingerprint density at radius 1 is 0.771 bits per heavy atom. The standard InChI is InChI=1S/C47H52N4O19/c1-21-11-30-37(52)23(3)25-14-35(33(64-4)15-26(25)42(56)48(30)18-21)66-9-6-10-67-36-17-28-27(16-34(36)65-5)43(57)49-19-22(2)12-31(49)44(58)50(28)47(61)68-20-24-7-8-32(29(13-24)51(62)63)69-46-40(55)38(53)39(54)41(70-46)45(59)60/h7-8,13-19,23,30-31,37-41,44,46,52-55,58H,6,9-12,20H2,1-5H3,(H,59,60)/t23?,30-,31-,37+,38-,39-,40+,41-,44-,46+/m0/s1. The highest BCUT2D eigenvalue weighted by molar-refractivity contribution is 6.06. The summed E-state index contributed by atoms with van der Waals surface area (Å²) in [6, 6.07) is 7.98. The van der Waals surface area contributed by atoms with E-state index in [2.05, 4.69) is 0 Å². The molecule has 3 amide bonds. The lowest BCUT2D eigenvalue weighted by molar-refractivity contribution is -0.387. The first-order valence-corrected chi connectivity index (χ1v) is 22.2. The Labute approximate surface area is 399 Å². The minimum atomic E-state index is -2.04. The maximum Gasteiger partial charge on any atom is 0.416 e. The maximum absolute atomic E-state index is 14.1. The number of carboxylic acids is 1. The summed E-state index contributed by atoms with van der Waals surface area (Å²) in [6.45, 7) is 5.03. The molecule has 0 aliphatic carbocycles. The highest BCUT2D eigenvalue weighted by Gasteiger charge is 2.49. The van der Waals surface area contributed by atoms with Crippen LogP contribution in [0.15, 0.2) is 66.0 Å². The monoisotopic (exact) mass is 976 g/mol. The molecule has 0 aromatic heterocycles. The number of rotatable bonds is 14. The van der Waals surface area contributed by atoms with Gasteiger partial charge in [0.25, 0.3) is 11.8 Å². The van der Waals surface area contributed by atoms with E-state index in [4.69, 9.17) is 33.2 Å². The van der Waals surface area contributed by atoms with Crippen molar-refractivity contribution in [2.45, 2.75) is 108 Å². The second-order valence-electron chi connectivity index (χ2n) is 17.6. The van der Waals surface area contributed by atoms with Crippen LogP contribution in [0.1, 0.15) is 77.8 Å². The lowest BCUT2D eigenvalue weighted by Gasteiger charge is -2.38. The second kappa shape index (κ2) is 19.8. The molecule has 0 bridgehead atoms. The molecule has 5 aliphatic rings. The van der Waals surface area contributed by atoms with Crippen LogP contribution in [0.25, 0.3) is 0 Å². The highest BCUT2D eigenvalue weighted by Crippen LogP contribution is 2.44. The SMILES string of the molecule is COc1cc2c(cc1OCCCOc1cc3c(cc1OC)C(=O)N1C=C(C)C[C@H]1[C@H](O)N3C(=O)OCc1ccc(O[C@@H]3O[C@H](C(=O)O)[C@@H](O)[C@H](O)[C@H]3O)c([N+](=O)[O-])c1)C(C)[C@@H](O)[C@@H]1CC(C)=CN1C2=O. The van der Waals surface area contributed by atoms with E-state index < -0.39 is 102 Å². The van der Waals surface area contributed by atoms with Gasteiger partial charge in [0, 0.05) is 42.4 Å². The van der Waals surface area contributed by atoms with Crippen LogP contribution >= 0.6 is 0 Å². The summed E-state index contributed by atoms with van der Waals surface area (Å²) in [4.78, 5) is 68.5. The predicted octanol–water partition coefficient (Wildman–Crippen LogP) is 2.92. The number of hydrogen-bond donors (Lipinski definition) is 6. The largest absolute Gasteiger partial charge is 0.493 e. The third kappa shape index (κ3) is 9.13. The summed E-state index contributed by atoms with van der Waals surface area (Å²) in [5, 5.41) is 75.2. The van der Waals surface area contributed by atoms with Gasteiger partial charge in [0.05, 0.1) is 61.8 Å². The van der Waals surface area contributed by atoms with Gasteiger partial charge in [-0.2, -0.15) is 0 Å². The van der Waals surface area contributed by atoms with E-state index in [9.17, 15) is 59.9 Å². The average molecular weight is 977 g/mol. The first-order valence-electron chi connectivity index (χ1n) is 22.2. The number of fused-ring (bicyclic) bond motifs is 4. The van der Waals surface area contributed by atoms with E-state index in [1.165, 1.54) is 37.3 Å². The number of aliphatic hydroxyl groups is 5. The number of nitrogens with zero attached hydrogens (tertiary/aromatic N) is 4. The number of ether oxygens (including phenoxy) is 7. The molecule has 23 nitrogen and oxygen atoms in total. The average Bonchev–Trinajstić information content (AvgIpc) is 3.91. The zero-order valence-electron chi connectivity index (χ0n) is 38.5. The van der Waals surface area contributed by atoms with E-state index in [-0.39, 0.29) is 60.3 Å². The van der Waals surface area contributed by atoms with Crippen molar-refractivity contribution >= 4 is 35.3 Å². The summed E-state index contributed by atoms with van der Waals surface area (Å²) >= 11 is 0. The first-order chi connectivity index (χ1) is 33.3. The Morgan fingerprint density at radius 3 is 2.00 bits per heavy atom. The molecule has 1 unspecified atom stereocenters. The van der Waals surface area contributed by atoms with Crippen molar-refractivity contribution in [3.05, 3.63) is 98.4 Å². The van der Waals surface area contributed by atoms with Gasteiger partial charge in [-0.15, -0.1) is 0 Å². The third-order valence-electron chi connectivity index (χ3n) is 12.9. The van der Waals surface area contributed by atoms with Gasteiger partial charge in [0.2, 0.25) is 6.29 Å². The van der Waals surface area contributed by atoms with E-state index >= 15 is 0 Å². The van der Waals surface area contributed by atoms with Gasteiger partial charge in [0.15, 0.2) is 41.1 Å². The zero-order chi connectivity index (χ0) is 50.5. The quantitative estimate of drug-likeness (QED) is 0.0768. The molecule has 3 aromatic carbocycles. The van der Waals surface area contributed by atoms with Crippen LogP contribution in [0.5, 0.6) is 28.7 Å². The fraction of sp³-hybridized carbons (Fsp3) is 0.447. The van der Waals surface area contributed by atoms with Crippen molar-refractivity contribution in [3.63, 3.8) is 0 Å². The van der Waals surface area contributed by atoms with Crippen LogP contribution in [0, 0.1) is 10.1 Å². The Bertz CT molecular complexity index is 2660. The van der Waals surface area contributed by atoms with Crippen molar-refractivity contribution in [1.82, 2.24) is 9.80 Å². The van der Waals surface area contributed by atoms with Gasteiger partial charge in [-0.1, -0.05) is 24.1 Å². The molecular formula is C47H52N4O19. The molecule has 5 heterocycles. The number of carbonyl (C=O) groups is 4. The summed E-state index contributed by atoms with van der Waals surface area (Å²) < 4.78 is 39.6. The number of aliphatic hydroxyl groups excluding tert-OH is 5. The number of anilines is 1. The van der Waals surface area contributed by atoms with Crippen LogP contribution in [0.2, 0.25) is 0 Å². The molecule has 8 rings (SSSR count). The Balaban J connectivity index is 0.989. The number of nitro benzene ring substituents is 1. The molecule has 0 spiro atoms. The van der Waals surface area contributed by atoms with E-state index in [0.29, 0.717) is 29.0 Å². The number of nitro groups is 1. The Hall–Kier alpha value is -7.02. The van der Waals surface area contributed by atoms with Gasteiger partial charge in [-0.05, 0) is 62.1 Å². The molecule has 70 heavy (non-hydrogen) atoms. The van der Waals surface area contributed by atoms with E-state index in [1.807, 2.05) is 13.8 Å². The number of hydrogen-bond acceptors (Lipinski definition) is 18. The van der Waals surface area contributed by atoms with E-state index in [0.717, 1.165) is 28.2 Å². The van der Waals surface area contributed by atoms with Crippen molar-refractivity contribution in [2.75, 3.05) is 32.3 Å². The van der Waals surface area contributed by atoms with Gasteiger partial charge in [0.1, 0.15) is 24.9 Å². The molecule has 3 aromatic rings. The summed E-state index contributed by atoms with van der Waals surface area (Å²) in [5.74, 6) is -2.56. The molecule has 1 fully saturated rings. The molecule has 5 aliphatic heterocycles. The molecule has 10 atom stereocenters. The van der Waals surface area contributed by atoms with Gasteiger partial charge in [-0.25, -0.2) is 14.5 Å². The van der Waals surface area contributed by atoms with Gasteiger partial charge < -0.3 is 73.6 Å². The Morgan fingerprint density at radius 2 is 1.37 bits per heavy atom. The predicted molar refractivity (Wildman–Crippen MR) is 239 cm³/mol. The lowest BCUT2D eigenvalue weighted by Crippen LogP contribution is -2.61. The molecule has 1 saturated heterocycles. The third-order valence-corrected chi connectivity index (χ3v) is 12.9. The zero-order valence-corrected chi connectivity index (χ0v) is 38.5. The number of carbonyl (C=O) groups excluding carboxylic acids is 3. The summed E-state index contributed by atoms with van der Waals surface area (Å²) in [5.41, 5.74) is 1.90. The summed E-state index contributed by atoms with van der Waals surface area (Å²) in [6.07, 6.45) is -9.34. The van der Waals surface area contributed by atoms with Crippen molar-refractivity contribution in [1.29, 1.82) is 0 Å². The normalized spacial score (nSPS) is 26.9. The number of carboxylic acid groups (broad SMARTS) is 1. The molecule has 0 radical (unpaired) electrons. The molecule has 23 heteroatoms. The fourth-order valence-electron chi connectivity index (χ4n) is 9.31. The van der Waals surface area contributed by atoms with Crippen LogP contribution in [-0.2, 0) is 20.9 Å². The number of amides is 3. The van der Waals surface area contributed by atoms with Crippen molar-refractivity contribution < 1.29 is 87.9 Å². The Kier molecular flexibility index (Phi) is 14.0. The van der Waals surface area contributed by atoms with Gasteiger partial charge in [-0.3, -0.25) is 19.7 Å². The molecule has 6 N–H and O–H groups in total. The van der Waals surface area contributed by atoms with Crippen molar-refractivity contribution in [3.8, 4) is 28.7 Å². The van der Waals surface area contributed by atoms with Crippen LogP contribution in [0.3, 0.4) is 0 Å². The van der Waals surface area contributed by atoms with Crippen LogP contribution in [0.4, 0.5) is 16.2 Å². The molecular weight excluding hydrogens is 925 g/mol. The number of aliphatic carboxylic acids is 1. The minimum Gasteiger partial charge on any atom is -0.493 e. The first kappa shape index (κ1) is 49.4. The second-order valence-corrected chi connectivity index (χ2v) is 17.6. The lowest BCUT2D eigenvalue weighted by atomic mass is 9.88.